The largest absolute Gasteiger partial charge is 0.455 e. The second-order valence-corrected chi connectivity index (χ2v) is 15.9. The number of nitrogens with zero attached hydrogens (tertiary/aromatic N) is 4. The summed E-state index contributed by atoms with van der Waals surface area (Å²) in [4.78, 5) is 20.9. The lowest BCUT2D eigenvalue weighted by molar-refractivity contribution is 0.670. The van der Waals surface area contributed by atoms with Crippen molar-refractivity contribution in [1.82, 2.24) is 19.9 Å². The highest BCUT2D eigenvalue weighted by atomic mass is 32.1. The summed E-state index contributed by atoms with van der Waals surface area (Å²) < 4.78 is 7.87. The summed E-state index contributed by atoms with van der Waals surface area (Å²) in [6.07, 6.45) is 0. The van der Waals surface area contributed by atoms with Crippen molar-refractivity contribution in [2.75, 3.05) is 0 Å². The van der Waals surface area contributed by atoms with Crippen LogP contribution in [0.3, 0.4) is 0 Å². The van der Waals surface area contributed by atoms with Gasteiger partial charge in [-0.05, 0) is 57.6 Å². The fourth-order valence-electron chi connectivity index (χ4n) is 9.20. The lowest BCUT2D eigenvalue weighted by Crippen LogP contribution is -2.28. The first-order valence-corrected chi connectivity index (χ1v) is 20.5. The molecule has 6 heteroatoms. The second-order valence-electron chi connectivity index (χ2n) is 14.9. The summed E-state index contributed by atoms with van der Waals surface area (Å²) >= 11 is 1.67. The Morgan fingerprint density at radius 3 is 1.78 bits per heavy atom. The highest BCUT2D eigenvalue weighted by molar-refractivity contribution is 7.21. The van der Waals surface area contributed by atoms with Gasteiger partial charge in [-0.15, -0.1) is 11.3 Å². The van der Waals surface area contributed by atoms with Crippen LogP contribution in [0.5, 0.6) is 0 Å². The van der Waals surface area contributed by atoms with Crippen LogP contribution in [0.4, 0.5) is 0 Å². The molecule has 0 radical (unpaired) electrons. The molecule has 59 heavy (non-hydrogen) atoms. The normalized spacial score (nSPS) is 12.9. The van der Waals surface area contributed by atoms with E-state index in [0.717, 1.165) is 65.0 Å². The van der Waals surface area contributed by atoms with Gasteiger partial charge in [-0.25, -0.2) is 19.9 Å². The SMILES string of the molecule is c1ccc(-c2nc(-c3cccc4c3-c3ccccc3C4(c3ccccc3)c3ccccc3)nc(-c3cccc4oc5c(-c6nc7ccccc7s6)cccc5c34)n2)cc1. The Kier molecular flexibility index (Phi) is 7.55. The number of hydrogen-bond donors (Lipinski definition) is 0. The fourth-order valence-corrected chi connectivity index (χ4v) is 10.2. The molecule has 0 N–H and O–H groups in total. The van der Waals surface area contributed by atoms with E-state index >= 15 is 0 Å². The number of furan rings is 1. The van der Waals surface area contributed by atoms with Gasteiger partial charge >= 0.3 is 0 Å². The number of benzene rings is 8. The van der Waals surface area contributed by atoms with Gasteiger partial charge in [0.1, 0.15) is 16.2 Å². The van der Waals surface area contributed by atoms with Gasteiger partial charge in [0.25, 0.3) is 0 Å². The molecule has 0 saturated heterocycles. The first-order chi connectivity index (χ1) is 29.3. The average Bonchev–Trinajstić information content (AvgIpc) is 4.01. The smallest absolute Gasteiger partial charge is 0.164 e. The Morgan fingerprint density at radius 1 is 0.424 bits per heavy atom. The molecule has 0 spiro atoms. The molecule has 1 aliphatic rings. The van der Waals surface area contributed by atoms with Crippen LogP contribution in [0.1, 0.15) is 22.3 Å². The number of para-hydroxylation sites is 2. The summed E-state index contributed by atoms with van der Waals surface area (Å²) in [7, 11) is 0. The zero-order valence-corrected chi connectivity index (χ0v) is 32.4. The number of hydrogen-bond acceptors (Lipinski definition) is 6. The van der Waals surface area contributed by atoms with Crippen molar-refractivity contribution >= 4 is 43.5 Å². The molecule has 3 heterocycles. The summed E-state index contributed by atoms with van der Waals surface area (Å²) in [6.45, 7) is 0. The van der Waals surface area contributed by atoms with Crippen LogP contribution in [0.2, 0.25) is 0 Å². The number of rotatable bonds is 6. The third-order valence-corrected chi connectivity index (χ3v) is 12.7. The van der Waals surface area contributed by atoms with E-state index in [1.54, 1.807) is 11.3 Å². The molecule has 0 unspecified atom stereocenters. The Labute approximate surface area is 344 Å². The average molecular weight is 773 g/mol. The van der Waals surface area contributed by atoms with Gasteiger partial charge in [-0.2, -0.15) is 0 Å². The number of thiazole rings is 1. The highest BCUT2D eigenvalue weighted by Gasteiger charge is 2.47. The van der Waals surface area contributed by atoms with Crippen molar-refractivity contribution in [3.8, 4) is 55.9 Å². The summed E-state index contributed by atoms with van der Waals surface area (Å²) in [6, 6.07) is 68.0. The monoisotopic (exact) mass is 772 g/mol. The molecule has 0 aliphatic heterocycles. The van der Waals surface area contributed by atoms with E-state index in [4.69, 9.17) is 24.4 Å². The molecule has 0 atom stereocenters. The fraction of sp³-hybridized carbons (Fsp3) is 0.0189. The molecule has 0 saturated carbocycles. The van der Waals surface area contributed by atoms with Crippen molar-refractivity contribution in [1.29, 1.82) is 0 Å². The summed E-state index contributed by atoms with van der Waals surface area (Å²) in [5.41, 5.74) is 12.8. The third kappa shape index (κ3) is 5.10. The van der Waals surface area contributed by atoms with Gasteiger partial charge in [0.15, 0.2) is 17.5 Å². The minimum Gasteiger partial charge on any atom is -0.455 e. The highest BCUT2D eigenvalue weighted by Crippen LogP contribution is 2.58. The Balaban J connectivity index is 1.12. The van der Waals surface area contributed by atoms with Crippen molar-refractivity contribution in [2.24, 2.45) is 0 Å². The van der Waals surface area contributed by atoms with Crippen molar-refractivity contribution in [3.05, 3.63) is 216 Å². The van der Waals surface area contributed by atoms with Crippen LogP contribution in [0.15, 0.2) is 199 Å². The molecule has 0 fully saturated rings. The van der Waals surface area contributed by atoms with Crippen LogP contribution in [-0.4, -0.2) is 19.9 Å². The van der Waals surface area contributed by atoms with E-state index in [9.17, 15) is 0 Å². The lowest BCUT2D eigenvalue weighted by atomic mass is 9.67. The van der Waals surface area contributed by atoms with Crippen LogP contribution < -0.4 is 0 Å². The van der Waals surface area contributed by atoms with E-state index in [0.29, 0.717) is 17.5 Å². The molecule has 3 aromatic heterocycles. The van der Waals surface area contributed by atoms with Gasteiger partial charge in [0.05, 0.1) is 21.2 Å². The minimum atomic E-state index is -0.551. The van der Waals surface area contributed by atoms with Gasteiger partial charge in [-0.1, -0.05) is 170 Å². The predicted octanol–water partition coefficient (Wildman–Crippen LogP) is 13.4. The van der Waals surface area contributed by atoms with Crippen molar-refractivity contribution in [2.45, 2.75) is 5.41 Å². The van der Waals surface area contributed by atoms with E-state index in [1.807, 2.05) is 36.4 Å². The number of fused-ring (bicyclic) bond motifs is 7. The maximum absolute atomic E-state index is 6.73. The van der Waals surface area contributed by atoms with Gasteiger partial charge in [0.2, 0.25) is 0 Å². The predicted molar refractivity (Wildman–Crippen MR) is 239 cm³/mol. The zero-order valence-electron chi connectivity index (χ0n) is 31.6. The molecule has 8 aromatic carbocycles. The lowest BCUT2D eigenvalue weighted by Gasteiger charge is -2.33. The van der Waals surface area contributed by atoms with E-state index < -0.39 is 5.41 Å². The molecule has 5 nitrogen and oxygen atoms in total. The maximum atomic E-state index is 6.73. The Morgan fingerprint density at radius 2 is 1.00 bits per heavy atom. The topological polar surface area (TPSA) is 64.7 Å². The Hall–Kier alpha value is -7.54. The molecule has 276 valence electrons. The molecule has 12 rings (SSSR count). The first kappa shape index (κ1) is 33.6. The standard InChI is InChI=1S/C53H32N4OS/c1-4-17-33(18-5-1)49-55-50(38-25-15-29-42-46(38)36-23-10-11-28-41(36)53(42,34-19-6-2-7-20-34)35-21-8-3-9-22-35)57-51(56-49)39-26-16-31-44-47(39)37-24-14-27-40(48(37)58-44)52-54-43-30-12-13-32-45(43)59-52/h1-32H. The van der Waals surface area contributed by atoms with E-state index in [2.05, 4.69) is 158 Å². The summed E-state index contributed by atoms with van der Waals surface area (Å²) in [5.74, 6) is 1.79. The molecular formula is C53H32N4OS. The van der Waals surface area contributed by atoms with Crippen LogP contribution in [-0.2, 0) is 5.41 Å². The maximum Gasteiger partial charge on any atom is 0.164 e. The quantitative estimate of drug-likeness (QED) is 0.168. The van der Waals surface area contributed by atoms with Gasteiger partial charge in [0, 0.05) is 27.5 Å². The minimum absolute atomic E-state index is 0.551. The zero-order chi connectivity index (χ0) is 38.9. The molecule has 11 aromatic rings. The van der Waals surface area contributed by atoms with Crippen LogP contribution in [0.25, 0.3) is 88.0 Å². The van der Waals surface area contributed by atoms with Crippen LogP contribution in [0, 0.1) is 0 Å². The van der Waals surface area contributed by atoms with E-state index in [-0.39, 0.29) is 0 Å². The van der Waals surface area contributed by atoms with Crippen molar-refractivity contribution in [3.63, 3.8) is 0 Å². The van der Waals surface area contributed by atoms with E-state index in [1.165, 1.54) is 27.8 Å². The molecule has 1 aliphatic carbocycles. The third-order valence-electron chi connectivity index (χ3n) is 11.7. The molecular weight excluding hydrogens is 741 g/mol. The molecule has 0 bridgehead atoms. The van der Waals surface area contributed by atoms with Crippen LogP contribution >= 0.6 is 11.3 Å². The first-order valence-electron chi connectivity index (χ1n) is 19.7. The van der Waals surface area contributed by atoms with Crippen molar-refractivity contribution < 1.29 is 4.42 Å². The molecule has 0 amide bonds. The van der Waals surface area contributed by atoms with Gasteiger partial charge < -0.3 is 4.42 Å². The van der Waals surface area contributed by atoms with Gasteiger partial charge in [-0.3, -0.25) is 0 Å². The number of aromatic nitrogens is 4. The second kappa shape index (κ2) is 13.3. The summed E-state index contributed by atoms with van der Waals surface area (Å²) in [5, 5.41) is 2.87. The Bertz CT molecular complexity index is 3320.